The Bertz CT molecular complexity index is 1130. The molecule has 0 radical (unpaired) electrons. The normalized spacial score (nSPS) is 16.8. The Morgan fingerprint density at radius 1 is 1.15 bits per heavy atom. The van der Waals surface area contributed by atoms with Gasteiger partial charge >= 0.3 is 6.09 Å². The number of aromatic nitrogens is 2. The number of nitrogens with zero attached hydrogens (tertiary/aromatic N) is 4. The molecule has 1 amide bonds. The van der Waals surface area contributed by atoms with Crippen LogP contribution in [0.5, 0.6) is 0 Å². The number of fused-ring (bicyclic) bond motifs is 1. The Kier molecular flexibility index (Phi) is 6.78. The molecule has 0 bridgehead atoms. The summed E-state index contributed by atoms with van der Waals surface area (Å²) in [5, 5.41) is 1.26. The van der Waals surface area contributed by atoms with Crippen molar-refractivity contribution in [1.82, 2.24) is 14.5 Å². The number of piperidine rings is 1. The van der Waals surface area contributed by atoms with Gasteiger partial charge in [0.2, 0.25) is 5.95 Å². The number of likely N-dealkylation sites (N-methyl/N-ethyl adjacent to an activating group) is 1. The summed E-state index contributed by atoms with van der Waals surface area (Å²) >= 11 is 13.0. The van der Waals surface area contributed by atoms with E-state index in [0.717, 1.165) is 41.9 Å². The van der Waals surface area contributed by atoms with Crippen molar-refractivity contribution in [3.63, 3.8) is 0 Å². The second kappa shape index (κ2) is 9.43. The number of carbonyl (C=O) groups excluding carboxylic acids is 1. The summed E-state index contributed by atoms with van der Waals surface area (Å²) < 4.78 is 7.75. The van der Waals surface area contributed by atoms with E-state index >= 15 is 0 Å². The average molecular weight is 489 g/mol. The summed E-state index contributed by atoms with van der Waals surface area (Å²) in [5.41, 5.74) is 2.27. The van der Waals surface area contributed by atoms with Gasteiger partial charge in [-0.3, -0.25) is 0 Å². The van der Waals surface area contributed by atoms with Gasteiger partial charge < -0.3 is 19.1 Å². The van der Waals surface area contributed by atoms with Gasteiger partial charge in [0.15, 0.2) is 0 Å². The molecule has 33 heavy (non-hydrogen) atoms. The molecular weight excluding hydrogens is 459 g/mol. The highest BCUT2D eigenvalue weighted by Gasteiger charge is 2.31. The topological polar surface area (TPSA) is 50.6 Å². The molecule has 0 aliphatic carbocycles. The molecule has 0 saturated carbocycles. The summed E-state index contributed by atoms with van der Waals surface area (Å²) in [6, 6.07) is 13.7. The number of amides is 1. The smallest absolute Gasteiger partial charge is 0.410 e. The van der Waals surface area contributed by atoms with Crippen molar-refractivity contribution < 1.29 is 9.53 Å². The van der Waals surface area contributed by atoms with Crippen LogP contribution < -0.4 is 4.90 Å². The molecule has 0 N–H and O–H groups in total. The van der Waals surface area contributed by atoms with E-state index in [1.54, 1.807) is 4.90 Å². The van der Waals surface area contributed by atoms with Gasteiger partial charge in [0.25, 0.3) is 0 Å². The van der Waals surface area contributed by atoms with Crippen molar-refractivity contribution in [2.75, 3.05) is 25.0 Å². The summed E-state index contributed by atoms with van der Waals surface area (Å²) in [6.07, 6.45) is 1.57. The summed E-state index contributed by atoms with van der Waals surface area (Å²) in [4.78, 5) is 21.6. The molecule has 4 rings (SSSR count). The van der Waals surface area contributed by atoms with Crippen molar-refractivity contribution in [3.8, 4) is 0 Å². The van der Waals surface area contributed by atoms with Gasteiger partial charge in [-0.2, -0.15) is 0 Å². The second-order valence-electron chi connectivity index (χ2n) is 9.52. The van der Waals surface area contributed by atoms with E-state index in [0.29, 0.717) is 23.1 Å². The minimum atomic E-state index is -0.526. The van der Waals surface area contributed by atoms with Crippen LogP contribution in [0.3, 0.4) is 0 Å². The lowest BCUT2D eigenvalue weighted by Gasteiger charge is -2.38. The monoisotopic (exact) mass is 488 g/mol. The first-order chi connectivity index (χ1) is 15.6. The number of ether oxygens (including phenoxy) is 1. The van der Waals surface area contributed by atoms with Gasteiger partial charge in [0.1, 0.15) is 5.60 Å². The van der Waals surface area contributed by atoms with Crippen molar-refractivity contribution in [3.05, 3.63) is 58.1 Å². The molecule has 0 spiro atoms. The Balaban J connectivity index is 1.65. The van der Waals surface area contributed by atoms with Gasteiger partial charge in [-0.25, -0.2) is 9.78 Å². The molecule has 1 aliphatic rings. The van der Waals surface area contributed by atoms with E-state index in [4.69, 9.17) is 32.9 Å². The summed E-state index contributed by atoms with van der Waals surface area (Å²) in [7, 11) is 1.81. The van der Waals surface area contributed by atoms with Crippen LogP contribution in [0.2, 0.25) is 10.0 Å². The van der Waals surface area contributed by atoms with Crippen LogP contribution in [-0.2, 0) is 11.3 Å². The minimum Gasteiger partial charge on any atom is -0.444 e. The molecule has 2 heterocycles. The third-order valence-corrected chi connectivity index (χ3v) is 6.63. The lowest BCUT2D eigenvalue weighted by atomic mass is 10.1. The van der Waals surface area contributed by atoms with Gasteiger partial charge in [-0.15, -0.1) is 0 Å². The first-order valence-electron chi connectivity index (χ1n) is 11.2. The van der Waals surface area contributed by atoms with E-state index in [-0.39, 0.29) is 12.1 Å². The summed E-state index contributed by atoms with van der Waals surface area (Å²) in [5.74, 6) is 0.856. The highest BCUT2D eigenvalue weighted by molar-refractivity contribution is 6.36. The maximum absolute atomic E-state index is 12.7. The van der Waals surface area contributed by atoms with E-state index in [2.05, 4.69) is 15.5 Å². The molecule has 1 unspecified atom stereocenters. The number of carbonyl (C=O) groups is 1. The van der Waals surface area contributed by atoms with Crippen LogP contribution in [0, 0.1) is 0 Å². The number of imidazole rings is 1. The largest absolute Gasteiger partial charge is 0.444 e. The molecule has 1 atom stereocenters. The lowest BCUT2D eigenvalue weighted by molar-refractivity contribution is 0.0209. The minimum absolute atomic E-state index is 0.0331. The molecule has 1 fully saturated rings. The Hall–Kier alpha value is -2.44. The van der Waals surface area contributed by atoms with E-state index < -0.39 is 5.60 Å². The molecule has 1 aliphatic heterocycles. The molecule has 2 aromatic carbocycles. The fourth-order valence-corrected chi connectivity index (χ4v) is 4.75. The zero-order chi connectivity index (χ0) is 23.8. The number of anilines is 1. The van der Waals surface area contributed by atoms with Crippen LogP contribution >= 0.6 is 23.2 Å². The molecular formula is C25H30Cl2N4O2. The number of benzene rings is 2. The molecule has 1 saturated heterocycles. The standard InChI is InChI=1S/C25H30Cl2N4O2/c1-25(2,3)33-24(32)29(4)17-9-8-14-30(15-17)23-28-21-12-5-6-13-22(21)31(23)16-18-19(26)10-7-11-20(18)27/h5-7,10-13,17H,8-9,14-16H2,1-4H3. The lowest BCUT2D eigenvalue weighted by Crippen LogP contribution is -2.50. The highest BCUT2D eigenvalue weighted by atomic mass is 35.5. The third-order valence-electron chi connectivity index (χ3n) is 5.92. The van der Waals surface area contributed by atoms with Crippen LogP contribution in [-0.4, -0.2) is 52.3 Å². The first-order valence-corrected chi connectivity index (χ1v) is 12.0. The zero-order valence-corrected chi connectivity index (χ0v) is 21.0. The highest BCUT2D eigenvalue weighted by Crippen LogP contribution is 2.31. The van der Waals surface area contributed by atoms with Crippen molar-refractivity contribution in [2.45, 2.75) is 51.8 Å². The molecule has 1 aromatic heterocycles. The van der Waals surface area contributed by atoms with Crippen LogP contribution in [0.25, 0.3) is 11.0 Å². The fourth-order valence-electron chi connectivity index (χ4n) is 4.24. The van der Waals surface area contributed by atoms with Crippen molar-refractivity contribution in [1.29, 1.82) is 0 Å². The van der Waals surface area contributed by atoms with Crippen LogP contribution in [0.4, 0.5) is 10.7 Å². The second-order valence-corrected chi connectivity index (χ2v) is 10.3. The van der Waals surface area contributed by atoms with Gasteiger partial charge in [0.05, 0.1) is 23.6 Å². The average Bonchev–Trinajstić information content (AvgIpc) is 3.13. The predicted molar refractivity (Wildman–Crippen MR) is 135 cm³/mol. The van der Waals surface area contributed by atoms with Gasteiger partial charge in [-0.05, 0) is 57.9 Å². The van der Waals surface area contributed by atoms with Crippen molar-refractivity contribution in [2.24, 2.45) is 0 Å². The molecule has 8 heteroatoms. The predicted octanol–water partition coefficient (Wildman–Crippen LogP) is 6.23. The molecule has 6 nitrogen and oxygen atoms in total. The maximum Gasteiger partial charge on any atom is 0.410 e. The Morgan fingerprint density at radius 2 is 1.85 bits per heavy atom. The SMILES string of the molecule is CN(C(=O)OC(C)(C)C)C1CCCN(c2nc3ccccc3n2Cc2c(Cl)cccc2Cl)C1. The quantitative estimate of drug-likeness (QED) is 0.436. The van der Waals surface area contributed by atoms with E-state index in [1.807, 2.05) is 64.2 Å². The number of hydrogen-bond donors (Lipinski definition) is 0. The Morgan fingerprint density at radius 3 is 2.55 bits per heavy atom. The van der Waals surface area contributed by atoms with Crippen LogP contribution in [0.1, 0.15) is 39.2 Å². The number of halogens is 2. The molecule has 3 aromatic rings. The summed E-state index contributed by atoms with van der Waals surface area (Å²) in [6.45, 7) is 7.70. The zero-order valence-electron chi connectivity index (χ0n) is 19.5. The van der Waals surface area contributed by atoms with E-state index in [9.17, 15) is 4.79 Å². The maximum atomic E-state index is 12.7. The number of rotatable bonds is 4. The Labute approximate surface area is 205 Å². The van der Waals surface area contributed by atoms with Crippen molar-refractivity contribution >= 4 is 46.3 Å². The van der Waals surface area contributed by atoms with Crippen LogP contribution in [0.15, 0.2) is 42.5 Å². The van der Waals surface area contributed by atoms with E-state index in [1.165, 1.54) is 0 Å². The third kappa shape index (κ3) is 5.22. The fraction of sp³-hybridized carbons (Fsp3) is 0.440. The van der Waals surface area contributed by atoms with Gasteiger partial charge in [-0.1, -0.05) is 41.4 Å². The van der Waals surface area contributed by atoms with Gasteiger partial charge in [0, 0.05) is 35.7 Å². The first kappa shape index (κ1) is 23.7. The molecule has 176 valence electrons. The number of hydrogen-bond acceptors (Lipinski definition) is 4. The number of para-hydroxylation sites is 2.